The van der Waals surface area contributed by atoms with Gasteiger partial charge in [-0.1, -0.05) is 223 Å². The molecule has 93 heavy (non-hydrogen) atoms. The highest BCUT2D eigenvalue weighted by molar-refractivity contribution is 6.10. The number of hydrogen-bond donors (Lipinski definition) is 0. The predicted molar refractivity (Wildman–Crippen MR) is 386 cm³/mol. The highest BCUT2D eigenvalue weighted by Crippen LogP contribution is 2.49. The van der Waals surface area contributed by atoms with Crippen LogP contribution in [0.3, 0.4) is 0 Å². The summed E-state index contributed by atoms with van der Waals surface area (Å²) >= 11 is 0. The molecule has 0 unspecified atom stereocenters. The van der Waals surface area contributed by atoms with Crippen molar-refractivity contribution in [1.29, 1.82) is 0 Å². The zero-order chi connectivity index (χ0) is 86.6. The number of rotatable bonds is 9. The molecule has 0 saturated carbocycles. The van der Waals surface area contributed by atoms with Gasteiger partial charge in [0.05, 0.1) is 62.2 Å². The molecule has 4 heterocycles. The molecule has 3 aromatic heterocycles. The molecule has 0 aliphatic carbocycles. The Morgan fingerprint density at radius 1 is 0.430 bits per heavy atom. The smallest absolute Gasteiger partial charge is 0.269 e. The van der Waals surface area contributed by atoms with Crippen molar-refractivity contribution in [2.75, 3.05) is 0 Å². The number of ether oxygens (including phenoxy) is 1. The van der Waals surface area contributed by atoms with E-state index in [1.807, 2.05) is 86.0 Å². The average Bonchev–Trinajstić information content (AvgIpc) is 1.47. The SMILES string of the molecule is [2H]c1c([2H])c([2H])c(-c2c([2H])c(-c3cc4c5c(c3)n(-c3cccc(Oc6ccc7c8ccccc8n(-c8cc(C(C)(C)C)ccn8)c7c6)c3)[c-][n+]5-c3c(-c5ccc(C(C)(C)C)cc5)cc(-c5c(C([2H])([2H])[2H])cccc5C([2H])([2H])[2H])cc3-c3c([2H])c([2H])c([2H])c([2H])c3-c3c([2H])c([2H])c([2H])c([2H])c3-4)c([2H])c(-c3c([2H])c([2H])c([2H])c([2H])c3[2H])c2[2H])c([2H])c1[2H]. The van der Waals surface area contributed by atoms with Crippen LogP contribution in [0.1, 0.15) is 101 Å². The fraction of sp³-hybridized carbons (Fsp3) is 0.114. The van der Waals surface area contributed by atoms with Crippen molar-refractivity contribution in [2.24, 2.45) is 0 Å². The molecule has 12 aromatic carbocycles. The lowest BCUT2D eigenvalue weighted by Crippen LogP contribution is -2.32. The van der Waals surface area contributed by atoms with Gasteiger partial charge in [0, 0.05) is 31.3 Å². The van der Waals surface area contributed by atoms with Crippen molar-refractivity contribution in [2.45, 2.75) is 66.1 Å². The summed E-state index contributed by atoms with van der Waals surface area (Å²) in [4.78, 5) is 4.87. The lowest BCUT2D eigenvalue weighted by molar-refractivity contribution is -0.570. The lowest BCUT2D eigenvalue weighted by atomic mass is 9.84. The molecule has 0 N–H and O–H groups in total. The van der Waals surface area contributed by atoms with Gasteiger partial charge >= 0.3 is 0 Å². The van der Waals surface area contributed by atoms with E-state index in [9.17, 15) is 20.6 Å². The largest absolute Gasteiger partial charge is 0.458 e. The summed E-state index contributed by atoms with van der Waals surface area (Å²) in [7, 11) is 0. The zero-order valence-corrected chi connectivity index (χ0v) is 51.1. The van der Waals surface area contributed by atoms with Crippen molar-refractivity contribution in [3.63, 3.8) is 0 Å². The third-order valence-corrected chi connectivity index (χ3v) is 17.0. The minimum absolute atomic E-state index is 0.0531. The van der Waals surface area contributed by atoms with Crippen molar-refractivity contribution < 1.29 is 46.3 Å². The van der Waals surface area contributed by atoms with Gasteiger partial charge in [-0.15, -0.1) is 0 Å². The Morgan fingerprint density at radius 3 is 1.66 bits per heavy atom. The molecule has 1 aliphatic heterocycles. The summed E-state index contributed by atoms with van der Waals surface area (Å²) in [5.74, 6) is 1.17. The number of fused-ring (bicyclic) bond motifs is 10. The van der Waals surface area contributed by atoms with Gasteiger partial charge in [0.15, 0.2) is 0 Å². The van der Waals surface area contributed by atoms with E-state index in [1.165, 1.54) is 45.5 Å². The third-order valence-electron chi connectivity index (χ3n) is 17.0. The number of hydrogen-bond acceptors (Lipinski definition) is 2. The zero-order valence-electron chi connectivity index (χ0n) is 78.1. The Balaban J connectivity index is 1.12. The van der Waals surface area contributed by atoms with Crippen molar-refractivity contribution in [3.05, 3.63) is 307 Å². The van der Waals surface area contributed by atoms with Gasteiger partial charge in [-0.05, 0) is 221 Å². The number of imidazole rings is 1. The van der Waals surface area contributed by atoms with E-state index in [4.69, 9.17) is 26.2 Å². The Bertz CT molecular complexity index is 6820. The molecule has 0 radical (unpaired) electrons. The molecule has 0 saturated heterocycles. The maximum Gasteiger partial charge on any atom is 0.269 e. The molecular formula is C88H70N4O. The molecular weight excluding hydrogens is 1130 g/mol. The van der Waals surface area contributed by atoms with E-state index in [2.05, 4.69) is 27.1 Å². The number of aryl methyl sites for hydroxylation is 2. The number of aromatic nitrogens is 4. The summed E-state index contributed by atoms with van der Waals surface area (Å²) in [6.07, 6.45) is 5.31. The Hall–Kier alpha value is -11.1. The maximum atomic E-state index is 10.5. The number of benzene rings is 12. The Kier molecular flexibility index (Phi) is 8.39. The van der Waals surface area contributed by atoms with Crippen LogP contribution in [0.5, 0.6) is 11.5 Å². The fourth-order valence-electron chi connectivity index (χ4n) is 12.5. The van der Waals surface area contributed by atoms with Crippen LogP contribution in [0.25, 0.3) is 139 Å². The van der Waals surface area contributed by atoms with Crippen LogP contribution in [0, 0.1) is 20.0 Å². The minimum atomic E-state index is -3.04. The van der Waals surface area contributed by atoms with Crippen LogP contribution in [-0.4, -0.2) is 14.1 Å². The van der Waals surface area contributed by atoms with Gasteiger partial charge in [-0.2, -0.15) is 0 Å². The van der Waals surface area contributed by atoms with E-state index in [1.54, 1.807) is 54.7 Å². The molecule has 5 heteroatoms. The highest BCUT2D eigenvalue weighted by Gasteiger charge is 2.30. The average molecular weight is 1230 g/mol. The first kappa shape index (κ1) is 34.9. The molecule has 0 bridgehead atoms. The van der Waals surface area contributed by atoms with Gasteiger partial charge in [-0.25, -0.2) is 4.98 Å². The predicted octanol–water partition coefficient (Wildman–Crippen LogP) is 22.9. The number of pyridine rings is 1. The van der Waals surface area contributed by atoms with E-state index in [-0.39, 0.29) is 67.0 Å². The number of para-hydroxylation sites is 1. The summed E-state index contributed by atoms with van der Waals surface area (Å²) in [5, 5.41) is 1.80. The second kappa shape index (κ2) is 22.4. The standard InChI is InChI=1S/C88H70N4O/c1-56-23-21-24-57(2)84(56)65-49-77(60-37-39-66(40-38-60)87(3,4)5)85-78(50-65)73-33-17-15-31-71(73)72-32-16-18-34-74(72)79-48-64(63-46-61(58-25-11-9-12-26-58)45-62(47-63)59-27-13-10-14-28-59)51-82-86(79)91(85)55-90(82)68-29-22-30-69(53-68)93-70-41-42-76-75-35-19-20-36-80(75)92(81(76)54-70)83-52-67(43-44-89-83)88(6,7)8/h9-54H,1-8H3/i1D3,2D3,9D,10D,11D,12D,13D,14D,15D,16D,17D,18D,25D,26D,27D,28D,31D,32D,33D,34D,45D,46D,47D. The molecule has 15 aromatic rings. The maximum absolute atomic E-state index is 10.5. The molecule has 0 fully saturated rings. The van der Waals surface area contributed by atoms with Gasteiger partial charge in [0.1, 0.15) is 17.3 Å². The second-order valence-electron chi connectivity index (χ2n) is 24.9. The van der Waals surface area contributed by atoms with Crippen molar-refractivity contribution >= 4 is 32.8 Å². The summed E-state index contributed by atoms with van der Waals surface area (Å²) in [6.45, 7) is 6.20. The van der Waals surface area contributed by atoms with Crippen LogP contribution in [0.4, 0.5) is 0 Å². The van der Waals surface area contributed by atoms with Crippen LogP contribution in [0.15, 0.2) is 279 Å². The quantitative estimate of drug-likeness (QED) is 0.107. The lowest BCUT2D eigenvalue weighted by Gasteiger charge is -2.23. The van der Waals surface area contributed by atoms with Crippen LogP contribution in [-0.2, 0) is 10.8 Å². The van der Waals surface area contributed by atoms with Crippen molar-refractivity contribution in [1.82, 2.24) is 14.1 Å². The monoisotopic (exact) mass is 1230 g/mol. The van der Waals surface area contributed by atoms with Gasteiger partial charge in [0.25, 0.3) is 6.33 Å². The normalized spacial score (nSPS) is 16.5. The van der Waals surface area contributed by atoms with Crippen LogP contribution < -0.4 is 9.30 Å². The molecule has 16 rings (SSSR count). The van der Waals surface area contributed by atoms with E-state index in [0.29, 0.717) is 17.1 Å². The molecule has 0 atom stereocenters. The Labute approximate surface area is 582 Å². The summed E-state index contributed by atoms with van der Waals surface area (Å²) < 4.78 is 267. The summed E-state index contributed by atoms with van der Waals surface area (Å²) in [5.41, 5.74) is -4.82. The fourth-order valence-corrected chi connectivity index (χ4v) is 12.5. The summed E-state index contributed by atoms with van der Waals surface area (Å²) in [6, 6.07) is 21.8. The topological polar surface area (TPSA) is 35.9 Å². The van der Waals surface area contributed by atoms with E-state index in [0.717, 1.165) is 32.9 Å². The molecule has 0 spiro atoms. The van der Waals surface area contributed by atoms with Gasteiger partial charge in [0.2, 0.25) is 0 Å². The molecule has 5 nitrogen and oxygen atoms in total. The van der Waals surface area contributed by atoms with Gasteiger partial charge < -0.3 is 4.74 Å². The number of nitrogens with zero attached hydrogens (tertiary/aromatic N) is 4. The first-order chi connectivity index (χ1) is 56.3. The first-order valence-corrected chi connectivity index (χ1v) is 30.1. The first-order valence-electron chi connectivity index (χ1n) is 43.6. The van der Waals surface area contributed by atoms with Crippen LogP contribution in [0.2, 0.25) is 0 Å². The second-order valence-corrected chi connectivity index (χ2v) is 24.9. The molecule has 448 valence electrons. The molecule has 0 amide bonds. The van der Waals surface area contributed by atoms with Crippen LogP contribution >= 0.6 is 0 Å². The Morgan fingerprint density at radius 2 is 1.00 bits per heavy atom. The highest BCUT2D eigenvalue weighted by atomic mass is 16.5. The molecule has 1 aliphatic rings. The van der Waals surface area contributed by atoms with E-state index >= 15 is 0 Å². The minimum Gasteiger partial charge on any atom is -0.458 e. The third kappa shape index (κ3) is 10.1. The van der Waals surface area contributed by atoms with Gasteiger partial charge in [-0.3, -0.25) is 13.7 Å². The van der Waals surface area contributed by atoms with Crippen molar-refractivity contribution in [3.8, 4) is 118 Å². The van der Waals surface area contributed by atoms with E-state index < -0.39 is 207 Å².